The number of carbonyl (C=O) groups is 1. The van der Waals surface area contributed by atoms with Gasteiger partial charge in [-0.1, -0.05) is 121 Å². The molecule has 1 aliphatic rings. The molecule has 0 saturated carbocycles. The van der Waals surface area contributed by atoms with Gasteiger partial charge in [0.25, 0.3) is 0 Å². The number of ether oxygens (including phenoxy) is 1. The lowest BCUT2D eigenvalue weighted by atomic mass is 9.79. The molecule has 2 unspecified atom stereocenters. The lowest BCUT2D eigenvalue weighted by Gasteiger charge is -2.37. The molecule has 5 rings (SSSR count). The molecule has 1 aliphatic heterocycles. The fraction of sp³-hybridized carbons (Fsp3) is 0.133. The van der Waals surface area contributed by atoms with E-state index in [4.69, 9.17) is 9.73 Å². The number of hydrogen-bond donors (Lipinski definition) is 0. The van der Waals surface area contributed by atoms with Crippen LogP contribution in [0.4, 0.5) is 0 Å². The zero-order valence-electron chi connectivity index (χ0n) is 19.1. The molecule has 5 heteroatoms. The lowest BCUT2D eigenvalue weighted by Crippen LogP contribution is -2.44. The second-order valence-corrected chi connectivity index (χ2v) is 9.02. The molecule has 35 heavy (non-hydrogen) atoms. The summed E-state index contributed by atoms with van der Waals surface area (Å²) < 4.78 is 5.98. The number of aliphatic imine (C=N–C) groups is 1. The molecule has 0 bridgehead atoms. The summed E-state index contributed by atoms with van der Waals surface area (Å²) in [6.45, 7) is 0.597. The summed E-state index contributed by atoms with van der Waals surface area (Å²) in [5.41, 5.74) is 2.67. The number of alkyl halides is 1. The molecule has 1 heterocycles. The summed E-state index contributed by atoms with van der Waals surface area (Å²) >= 11 is 2.07. The molecule has 0 saturated heterocycles. The molecule has 0 spiro atoms. The summed E-state index contributed by atoms with van der Waals surface area (Å²) in [6, 6.07) is 40.0. The third-order valence-corrected chi connectivity index (χ3v) is 6.63. The van der Waals surface area contributed by atoms with Crippen LogP contribution in [0.25, 0.3) is 0 Å². The maximum Gasteiger partial charge on any atom is 0.342 e. The van der Waals surface area contributed by atoms with Crippen LogP contribution in [0.5, 0.6) is 0 Å². The Balaban J connectivity index is 1.79. The quantitative estimate of drug-likeness (QED) is 0.144. The van der Waals surface area contributed by atoms with E-state index in [1.54, 1.807) is 0 Å². The maximum absolute atomic E-state index is 14.0. The van der Waals surface area contributed by atoms with Crippen molar-refractivity contribution in [2.45, 2.75) is 18.1 Å². The minimum absolute atomic E-state index is 0.252. The van der Waals surface area contributed by atoms with Crippen molar-refractivity contribution in [2.75, 3.05) is 4.61 Å². The highest BCUT2D eigenvalue weighted by Gasteiger charge is 2.57. The van der Waals surface area contributed by atoms with Gasteiger partial charge in [-0.05, 0) is 39.3 Å². The highest BCUT2D eigenvalue weighted by atomic mass is 127. The summed E-state index contributed by atoms with van der Waals surface area (Å²) in [7, 11) is 0. The Hall–Kier alpha value is -3.45. The van der Waals surface area contributed by atoms with Crippen molar-refractivity contribution in [2.24, 2.45) is 4.99 Å². The molecule has 4 aromatic rings. The smallest absolute Gasteiger partial charge is 0.342 e. The third kappa shape index (κ3) is 4.48. The van der Waals surface area contributed by atoms with Gasteiger partial charge in [0, 0.05) is 12.1 Å². The van der Waals surface area contributed by atoms with E-state index in [2.05, 4.69) is 51.8 Å². The Morgan fingerprint density at radius 2 is 1.34 bits per heavy atom. The van der Waals surface area contributed by atoms with Crippen molar-refractivity contribution in [3.63, 3.8) is 0 Å². The summed E-state index contributed by atoms with van der Waals surface area (Å²) in [4.78, 5) is 21.5. The monoisotopic (exact) mass is 572 g/mol. The predicted octanol–water partition coefficient (Wildman–Crippen LogP) is 6.52. The van der Waals surface area contributed by atoms with E-state index in [0.29, 0.717) is 6.54 Å². The topological polar surface area (TPSA) is 41.9 Å². The van der Waals surface area contributed by atoms with E-state index in [-0.39, 0.29) is 10.6 Å². The molecule has 174 valence electrons. The number of nitrogens with zero attached hydrogens (tertiary/aromatic N) is 2. The van der Waals surface area contributed by atoms with E-state index in [0.717, 1.165) is 28.1 Å². The van der Waals surface area contributed by atoms with Gasteiger partial charge in [-0.2, -0.15) is 0 Å². The molecular formula is C30H25IN2O2. The van der Waals surface area contributed by atoms with Gasteiger partial charge in [0.05, 0.1) is 6.04 Å². The number of hydrogen-bond acceptors (Lipinski definition) is 4. The zero-order valence-corrected chi connectivity index (χ0v) is 21.3. The van der Waals surface area contributed by atoms with Crippen LogP contribution >= 0.6 is 22.6 Å². The second-order valence-electron chi connectivity index (χ2n) is 8.40. The molecule has 0 amide bonds. The Morgan fingerprint density at radius 1 is 0.800 bits per heavy atom. The highest BCUT2D eigenvalue weighted by molar-refractivity contribution is 14.1. The van der Waals surface area contributed by atoms with Crippen molar-refractivity contribution >= 4 is 34.4 Å². The number of amidine groups is 1. The number of benzene rings is 4. The van der Waals surface area contributed by atoms with E-state index in [1.807, 2.05) is 97.1 Å². The Morgan fingerprint density at radius 3 is 1.94 bits per heavy atom. The molecule has 0 radical (unpaired) electrons. The summed E-state index contributed by atoms with van der Waals surface area (Å²) in [6.07, 6.45) is 0. The summed E-state index contributed by atoms with van der Waals surface area (Å²) in [5, 5.41) is 0. The first-order valence-corrected chi connectivity index (χ1v) is 13.1. The minimum Gasteiger partial charge on any atom is -0.453 e. The molecule has 4 nitrogen and oxygen atoms in total. The Kier molecular flexibility index (Phi) is 6.95. The van der Waals surface area contributed by atoms with Crippen molar-refractivity contribution < 1.29 is 9.53 Å². The third-order valence-electron chi connectivity index (χ3n) is 6.32. The first kappa shape index (κ1) is 23.3. The van der Waals surface area contributed by atoms with Crippen LogP contribution in [0.2, 0.25) is 0 Å². The SMILES string of the molecule is O=C(OCI)C1(c2ccccc2)N=C(c2ccccc2)N(Cc2ccccc2)C1c1ccccc1. The fourth-order valence-corrected chi connectivity index (χ4v) is 5.09. The van der Waals surface area contributed by atoms with Gasteiger partial charge in [0.15, 0.2) is 0 Å². The first-order valence-electron chi connectivity index (χ1n) is 11.5. The van der Waals surface area contributed by atoms with E-state index in [9.17, 15) is 4.79 Å². The largest absolute Gasteiger partial charge is 0.453 e. The minimum atomic E-state index is -1.26. The molecule has 0 aromatic heterocycles. The number of halogens is 1. The maximum atomic E-state index is 14.0. The van der Waals surface area contributed by atoms with E-state index >= 15 is 0 Å². The number of carbonyl (C=O) groups excluding carboxylic acids is 1. The van der Waals surface area contributed by atoms with E-state index < -0.39 is 11.6 Å². The average molecular weight is 572 g/mol. The number of esters is 1. The van der Waals surface area contributed by atoms with Crippen molar-refractivity contribution in [1.82, 2.24) is 4.90 Å². The van der Waals surface area contributed by atoms with Crippen LogP contribution in [0.3, 0.4) is 0 Å². The predicted molar refractivity (Wildman–Crippen MR) is 147 cm³/mol. The van der Waals surface area contributed by atoms with Gasteiger partial charge < -0.3 is 9.64 Å². The van der Waals surface area contributed by atoms with Gasteiger partial charge in [0.2, 0.25) is 5.54 Å². The van der Waals surface area contributed by atoms with Crippen molar-refractivity contribution in [1.29, 1.82) is 0 Å². The number of rotatable bonds is 7. The molecule has 0 N–H and O–H groups in total. The molecular weight excluding hydrogens is 547 g/mol. The van der Waals surface area contributed by atoms with Crippen LogP contribution in [-0.4, -0.2) is 21.3 Å². The normalized spacial score (nSPS) is 19.3. The first-order chi connectivity index (χ1) is 17.2. The van der Waals surface area contributed by atoms with Crippen LogP contribution < -0.4 is 0 Å². The van der Waals surface area contributed by atoms with Crippen LogP contribution in [0.1, 0.15) is 28.3 Å². The Bertz CT molecular complexity index is 1300. The van der Waals surface area contributed by atoms with Gasteiger partial charge in [-0.15, -0.1) is 0 Å². The fourth-order valence-electron chi connectivity index (χ4n) is 4.81. The molecule has 0 fully saturated rings. The standard InChI is InChI=1S/C30H25IN2O2/c31-22-35-29(34)30(26-19-11-4-12-20-26)27(24-15-7-2-8-16-24)33(21-23-13-5-1-6-14-23)28(32-30)25-17-9-3-10-18-25/h1-20,27H,21-22H2. The second kappa shape index (κ2) is 10.4. The van der Waals surface area contributed by atoms with Gasteiger partial charge in [0.1, 0.15) is 10.4 Å². The van der Waals surface area contributed by atoms with Gasteiger partial charge in [-0.25, -0.2) is 9.79 Å². The zero-order chi connectivity index (χ0) is 24.1. The lowest BCUT2D eigenvalue weighted by molar-refractivity contribution is -0.149. The summed E-state index contributed by atoms with van der Waals surface area (Å²) in [5.74, 6) is 0.425. The van der Waals surface area contributed by atoms with Crippen LogP contribution in [-0.2, 0) is 21.6 Å². The van der Waals surface area contributed by atoms with Gasteiger partial charge in [-0.3, -0.25) is 0 Å². The molecule has 2 atom stereocenters. The van der Waals surface area contributed by atoms with Gasteiger partial charge >= 0.3 is 5.97 Å². The van der Waals surface area contributed by atoms with Crippen molar-refractivity contribution in [3.8, 4) is 0 Å². The average Bonchev–Trinajstić information content (AvgIpc) is 3.27. The molecule has 0 aliphatic carbocycles. The highest BCUT2D eigenvalue weighted by Crippen LogP contribution is 2.50. The van der Waals surface area contributed by atoms with E-state index in [1.165, 1.54) is 0 Å². The Labute approximate surface area is 219 Å². The molecule has 4 aromatic carbocycles. The van der Waals surface area contributed by atoms with Crippen LogP contribution in [0.15, 0.2) is 126 Å². The van der Waals surface area contributed by atoms with Crippen molar-refractivity contribution in [3.05, 3.63) is 144 Å². The van der Waals surface area contributed by atoms with Crippen LogP contribution in [0, 0.1) is 0 Å².